The fraction of sp³-hybridized carbons (Fsp3) is 0.500. The van der Waals surface area contributed by atoms with Gasteiger partial charge in [0.25, 0.3) is 0 Å². The Bertz CT molecular complexity index is 470. The summed E-state index contributed by atoms with van der Waals surface area (Å²) < 4.78 is 10.5. The predicted octanol–water partition coefficient (Wildman–Crippen LogP) is 1.70. The van der Waals surface area contributed by atoms with E-state index >= 15 is 0 Å². The SMILES string of the molecule is COc1cc(C)c(NC(=O)CNC2CC2)c(OC)c1. The van der Waals surface area contributed by atoms with Gasteiger partial charge in [-0.3, -0.25) is 4.79 Å². The van der Waals surface area contributed by atoms with Gasteiger partial charge in [-0.15, -0.1) is 0 Å². The second-order valence-electron chi connectivity index (χ2n) is 4.72. The largest absolute Gasteiger partial charge is 0.497 e. The summed E-state index contributed by atoms with van der Waals surface area (Å²) in [7, 11) is 3.18. The number of ether oxygens (including phenoxy) is 2. The topological polar surface area (TPSA) is 59.6 Å². The summed E-state index contributed by atoms with van der Waals surface area (Å²) in [6, 6.07) is 4.15. The van der Waals surface area contributed by atoms with Crippen molar-refractivity contribution in [2.45, 2.75) is 25.8 Å². The van der Waals surface area contributed by atoms with Crippen molar-refractivity contribution in [1.29, 1.82) is 0 Å². The Morgan fingerprint density at radius 3 is 2.63 bits per heavy atom. The van der Waals surface area contributed by atoms with Gasteiger partial charge in [-0.2, -0.15) is 0 Å². The fourth-order valence-corrected chi connectivity index (χ4v) is 1.87. The van der Waals surface area contributed by atoms with Gasteiger partial charge in [-0.25, -0.2) is 0 Å². The monoisotopic (exact) mass is 264 g/mol. The Labute approximate surface area is 113 Å². The van der Waals surface area contributed by atoms with Crippen LogP contribution < -0.4 is 20.1 Å². The third-order valence-electron chi connectivity index (χ3n) is 3.12. The van der Waals surface area contributed by atoms with Crippen LogP contribution in [0.1, 0.15) is 18.4 Å². The minimum atomic E-state index is -0.0570. The van der Waals surface area contributed by atoms with Crippen molar-refractivity contribution in [3.63, 3.8) is 0 Å². The highest BCUT2D eigenvalue weighted by Gasteiger charge is 2.21. The van der Waals surface area contributed by atoms with Crippen LogP contribution in [0, 0.1) is 6.92 Å². The molecule has 1 fully saturated rings. The molecular weight excluding hydrogens is 244 g/mol. The standard InChI is InChI=1S/C14H20N2O3/c1-9-6-11(18-2)7-12(19-3)14(9)16-13(17)8-15-10-4-5-10/h6-7,10,15H,4-5,8H2,1-3H3,(H,16,17). The molecule has 0 aromatic heterocycles. The third-order valence-corrected chi connectivity index (χ3v) is 3.12. The maximum Gasteiger partial charge on any atom is 0.238 e. The van der Waals surface area contributed by atoms with E-state index in [0.29, 0.717) is 29.8 Å². The van der Waals surface area contributed by atoms with Crippen LogP contribution in [0.15, 0.2) is 12.1 Å². The van der Waals surface area contributed by atoms with Crippen molar-refractivity contribution in [3.8, 4) is 11.5 Å². The molecule has 1 saturated carbocycles. The summed E-state index contributed by atoms with van der Waals surface area (Å²) in [4.78, 5) is 11.9. The van der Waals surface area contributed by atoms with E-state index in [4.69, 9.17) is 9.47 Å². The minimum absolute atomic E-state index is 0.0570. The molecule has 2 rings (SSSR count). The smallest absolute Gasteiger partial charge is 0.238 e. The van der Waals surface area contributed by atoms with Crippen LogP contribution in [0.4, 0.5) is 5.69 Å². The summed E-state index contributed by atoms with van der Waals surface area (Å²) in [6.45, 7) is 2.24. The lowest BCUT2D eigenvalue weighted by Crippen LogP contribution is -2.29. The Kier molecular flexibility index (Phi) is 4.27. The molecule has 0 bridgehead atoms. The lowest BCUT2D eigenvalue weighted by molar-refractivity contribution is -0.115. The second kappa shape index (κ2) is 5.93. The number of hydrogen-bond donors (Lipinski definition) is 2. The van der Waals surface area contributed by atoms with Crippen LogP contribution in [-0.4, -0.2) is 32.7 Å². The first-order valence-corrected chi connectivity index (χ1v) is 6.40. The molecule has 0 unspecified atom stereocenters. The highest BCUT2D eigenvalue weighted by molar-refractivity contribution is 5.94. The van der Waals surface area contributed by atoms with E-state index in [0.717, 1.165) is 18.4 Å². The molecule has 0 saturated heterocycles. The number of carbonyl (C=O) groups is 1. The number of anilines is 1. The van der Waals surface area contributed by atoms with Gasteiger partial charge in [0.05, 0.1) is 26.5 Å². The van der Waals surface area contributed by atoms with E-state index in [1.165, 1.54) is 0 Å². The lowest BCUT2D eigenvalue weighted by atomic mass is 10.1. The third kappa shape index (κ3) is 3.61. The Morgan fingerprint density at radius 2 is 2.05 bits per heavy atom. The average Bonchev–Trinajstić information content (AvgIpc) is 3.22. The zero-order valence-corrected chi connectivity index (χ0v) is 11.6. The van der Waals surface area contributed by atoms with Gasteiger partial charge in [-0.05, 0) is 31.4 Å². The first kappa shape index (κ1) is 13.7. The van der Waals surface area contributed by atoms with Gasteiger partial charge in [0.15, 0.2) is 0 Å². The van der Waals surface area contributed by atoms with Crippen molar-refractivity contribution >= 4 is 11.6 Å². The summed E-state index contributed by atoms with van der Waals surface area (Å²) in [5, 5.41) is 6.06. The molecule has 1 aromatic carbocycles. The van der Waals surface area contributed by atoms with E-state index in [-0.39, 0.29) is 5.91 Å². The van der Waals surface area contributed by atoms with E-state index in [1.54, 1.807) is 20.3 Å². The second-order valence-corrected chi connectivity index (χ2v) is 4.72. The van der Waals surface area contributed by atoms with Crippen LogP contribution in [0.3, 0.4) is 0 Å². The van der Waals surface area contributed by atoms with E-state index in [2.05, 4.69) is 10.6 Å². The number of aryl methyl sites for hydroxylation is 1. The summed E-state index contributed by atoms with van der Waals surface area (Å²) in [5.41, 5.74) is 1.61. The average molecular weight is 264 g/mol. The first-order chi connectivity index (χ1) is 9.13. The van der Waals surface area contributed by atoms with Crippen molar-refractivity contribution in [2.24, 2.45) is 0 Å². The number of nitrogens with one attached hydrogen (secondary N) is 2. The van der Waals surface area contributed by atoms with Gasteiger partial charge in [0, 0.05) is 12.1 Å². The highest BCUT2D eigenvalue weighted by atomic mass is 16.5. The van der Waals surface area contributed by atoms with E-state index < -0.39 is 0 Å². The highest BCUT2D eigenvalue weighted by Crippen LogP contribution is 2.33. The quantitative estimate of drug-likeness (QED) is 0.821. The Hall–Kier alpha value is -1.75. The molecule has 1 aliphatic carbocycles. The molecule has 1 aliphatic rings. The van der Waals surface area contributed by atoms with Crippen molar-refractivity contribution < 1.29 is 14.3 Å². The predicted molar refractivity (Wildman–Crippen MR) is 73.9 cm³/mol. The zero-order valence-electron chi connectivity index (χ0n) is 11.6. The van der Waals surface area contributed by atoms with Crippen LogP contribution in [0.25, 0.3) is 0 Å². The summed E-state index contributed by atoms with van der Waals surface area (Å²) >= 11 is 0. The van der Waals surface area contributed by atoms with Gasteiger partial charge < -0.3 is 20.1 Å². The molecular formula is C14H20N2O3. The van der Waals surface area contributed by atoms with Crippen molar-refractivity contribution in [3.05, 3.63) is 17.7 Å². The van der Waals surface area contributed by atoms with Crippen LogP contribution in [0.2, 0.25) is 0 Å². The normalized spacial score (nSPS) is 14.1. The van der Waals surface area contributed by atoms with Crippen molar-refractivity contribution in [1.82, 2.24) is 5.32 Å². The molecule has 0 spiro atoms. The molecule has 1 aromatic rings. The number of rotatable bonds is 6. The number of hydrogen-bond acceptors (Lipinski definition) is 4. The molecule has 0 aliphatic heterocycles. The molecule has 2 N–H and O–H groups in total. The maximum absolute atomic E-state index is 11.9. The molecule has 19 heavy (non-hydrogen) atoms. The van der Waals surface area contributed by atoms with Gasteiger partial charge >= 0.3 is 0 Å². The number of benzene rings is 1. The van der Waals surface area contributed by atoms with Crippen molar-refractivity contribution in [2.75, 3.05) is 26.1 Å². The fourth-order valence-electron chi connectivity index (χ4n) is 1.87. The number of amides is 1. The Morgan fingerprint density at radius 1 is 1.32 bits per heavy atom. The molecule has 5 nitrogen and oxygen atoms in total. The lowest BCUT2D eigenvalue weighted by Gasteiger charge is -2.15. The molecule has 0 radical (unpaired) electrons. The molecule has 104 valence electrons. The molecule has 0 heterocycles. The van der Waals surface area contributed by atoms with Crippen LogP contribution >= 0.6 is 0 Å². The van der Waals surface area contributed by atoms with Crippen LogP contribution in [0.5, 0.6) is 11.5 Å². The summed E-state index contributed by atoms with van der Waals surface area (Å²) in [5.74, 6) is 1.26. The molecule has 5 heteroatoms. The zero-order chi connectivity index (χ0) is 13.8. The number of carbonyl (C=O) groups excluding carboxylic acids is 1. The number of methoxy groups -OCH3 is 2. The maximum atomic E-state index is 11.9. The van der Waals surface area contributed by atoms with E-state index in [1.807, 2.05) is 13.0 Å². The van der Waals surface area contributed by atoms with Gasteiger partial charge in [-0.1, -0.05) is 0 Å². The van der Waals surface area contributed by atoms with Gasteiger partial charge in [0.2, 0.25) is 5.91 Å². The first-order valence-electron chi connectivity index (χ1n) is 6.40. The van der Waals surface area contributed by atoms with Gasteiger partial charge in [0.1, 0.15) is 11.5 Å². The summed E-state index contributed by atoms with van der Waals surface area (Å²) in [6.07, 6.45) is 2.33. The van der Waals surface area contributed by atoms with E-state index in [9.17, 15) is 4.79 Å². The molecule has 0 atom stereocenters. The van der Waals surface area contributed by atoms with Crippen LogP contribution in [-0.2, 0) is 4.79 Å². The molecule has 1 amide bonds. The minimum Gasteiger partial charge on any atom is -0.497 e. The Balaban J connectivity index is 2.06.